The predicted octanol–water partition coefficient (Wildman–Crippen LogP) is 1.05. The van der Waals surface area contributed by atoms with E-state index in [9.17, 15) is 33.5 Å². The summed E-state index contributed by atoms with van der Waals surface area (Å²) in [5, 5.41) is 22.1. The summed E-state index contributed by atoms with van der Waals surface area (Å²) in [7, 11) is 0. The van der Waals surface area contributed by atoms with Gasteiger partial charge in [0.2, 0.25) is 11.7 Å². The summed E-state index contributed by atoms with van der Waals surface area (Å²) in [4.78, 5) is 71.8. The molecule has 1 aliphatic rings. The Balaban J connectivity index is 1.07. The highest BCUT2D eigenvalue weighted by atomic mass is 19.1. The van der Waals surface area contributed by atoms with E-state index < -0.39 is 40.1 Å². The number of hydrogen-bond acceptors (Lipinski definition) is 12. The first-order valence-corrected chi connectivity index (χ1v) is 14.5. The first-order chi connectivity index (χ1) is 23.0. The Bertz CT molecular complexity index is 2400. The smallest absolute Gasteiger partial charge is 0.439 e. The summed E-state index contributed by atoms with van der Waals surface area (Å²) in [6.45, 7) is -0.182. The van der Waals surface area contributed by atoms with Gasteiger partial charge in [-0.1, -0.05) is 23.4 Å². The van der Waals surface area contributed by atoms with E-state index in [0.717, 1.165) is 11.1 Å². The van der Waals surface area contributed by atoms with E-state index in [1.54, 1.807) is 6.07 Å². The van der Waals surface area contributed by atoms with E-state index in [0.29, 0.717) is 29.8 Å². The quantitative estimate of drug-likeness (QED) is 0.120. The Labute approximate surface area is 267 Å². The second-order valence-corrected chi connectivity index (χ2v) is 11.1. The predicted molar refractivity (Wildman–Crippen MR) is 166 cm³/mol. The van der Waals surface area contributed by atoms with Crippen LogP contribution in [0.1, 0.15) is 55.7 Å². The van der Waals surface area contributed by atoms with E-state index in [1.165, 1.54) is 34.9 Å². The Morgan fingerprint density at radius 2 is 1.90 bits per heavy atom. The van der Waals surface area contributed by atoms with Crippen molar-refractivity contribution in [2.24, 2.45) is 0 Å². The van der Waals surface area contributed by atoms with Crippen LogP contribution in [0, 0.1) is 5.82 Å². The number of imidazole rings is 1. The molecule has 0 unspecified atom stereocenters. The number of H-pyrrole nitrogens is 1. The molecular formula is C31H24FN9O7. The molecule has 3 aromatic heterocycles. The minimum atomic E-state index is -0.797. The van der Waals surface area contributed by atoms with Gasteiger partial charge in [-0.3, -0.25) is 33.1 Å². The standard InChI is InChI=1S/C31H24FN9O7/c32-18-5-1-13(7-16(18)11-34-24-23(33)25(43)26(24)44)10-35-29(46)21-9-20(37-30-38-22(42)12-41(21)30)28(45)36-19-6-3-14-8-15(2-4-17(14)19)27-39-31(47)48-40-27/h1-2,4-5,7-9,12,19,34,42H,3,6,10-11,33H2,(H,35,46)(H,36,45)(H,39,40,47)/t19-/m0/s1. The molecule has 3 heterocycles. The largest absolute Gasteiger partial charge is 0.492 e. The molecule has 48 heavy (non-hydrogen) atoms. The van der Waals surface area contributed by atoms with Crippen molar-refractivity contribution < 1.29 is 23.6 Å². The molecule has 0 spiro atoms. The van der Waals surface area contributed by atoms with Crippen molar-refractivity contribution in [2.45, 2.75) is 32.0 Å². The number of hydrogen-bond donors (Lipinski definition) is 6. The molecule has 0 radical (unpaired) electrons. The summed E-state index contributed by atoms with van der Waals surface area (Å²) >= 11 is 0. The number of aromatic nitrogens is 5. The van der Waals surface area contributed by atoms with E-state index in [2.05, 4.69) is 40.6 Å². The molecule has 7 rings (SSSR count). The van der Waals surface area contributed by atoms with Crippen molar-refractivity contribution in [3.05, 3.63) is 119 Å². The zero-order chi connectivity index (χ0) is 33.7. The summed E-state index contributed by atoms with van der Waals surface area (Å²) in [5.41, 5.74) is 6.66. The molecule has 7 N–H and O–H groups in total. The Morgan fingerprint density at radius 3 is 2.67 bits per heavy atom. The minimum Gasteiger partial charge on any atom is -0.492 e. The van der Waals surface area contributed by atoms with E-state index in [4.69, 9.17) is 5.73 Å². The maximum Gasteiger partial charge on any atom is 0.439 e. The van der Waals surface area contributed by atoms with Crippen LogP contribution in [0.15, 0.2) is 67.6 Å². The van der Waals surface area contributed by atoms with Crippen molar-refractivity contribution in [3.8, 4) is 17.3 Å². The number of nitrogens with two attached hydrogens (primary N) is 1. The first-order valence-electron chi connectivity index (χ1n) is 14.5. The molecule has 6 aromatic rings. The number of aromatic amines is 1. The number of halogens is 1. The highest BCUT2D eigenvalue weighted by Gasteiger charge is 2.27. The number of aryl methyl sites for hydroxylation is 1. The number of rotatable bonds is 9. The fourth-order valence-corrected chi connectivity index (χ4v) is 5.66. The Morgan fingerprint density at radius 1 is 1.06 bits per heavy atom. The van der Waals surface area contributed by atoms with Gasteiger partial charge in [0.25, 0.3) is 22.7 Å². The number of carbonyl (C=O) groups excluding carboxylic acids is 2. The highest BCUT2D eigenvalue weighted by Crippen LogP contribution is 2.33. The molecule has 1 atom stereocenters. The molecule has 1 aliphatic carbocycles. The Hall–Kier alpha value is -6.65. The van der Waals surface area contributed by atoms with Gasteiger partial charge in [-0.15, -0.1) is 0 Å². The van der Waals surface area contributed by atoms with E-state index >= 15 is 0 Å². The maximum atomic E-state index is 14.5. The zero-order valence-corrected chi connectivity index (χ0v) is 24.7. The molecule has 0 saturated carbocycles. The second-order valence-electron chi connectivity index (χ2n) is 11.1. The molecule has 3 aromatic carbocycles. The lowest BCUT2D eigenvalue weighted by Gasteiger charge is -2.15. The molecule has 17 heteroatoms. The molecule has 0 fully saturated rings. The average Bonchev–Trinajstić information content (AvgIpc) is 3.81. The number of aromatic hydroxyl groups is 1. The van der Waals surface area contributed by atoms with Crippen LogP contribution in [0.4, 0.5) is 15.8 Å². The van der Waals surface area contributed by atoms with Crippen LogP contribution in [-0.4, -0.2) is 41.4 Å². The number of anilines is 2. The molecule has 2 amide bonds. The molecule has 16 nitrogen and oxygen atoms in total. The summed E-state index contributed by atoms with van der Waals surface area (Å²) < 4.78 is 20.3. The van der Waals surface area contributed by atoms with Crippen LogP contribution in [-0.2, 0) is 19.5 Å². The van der Waals surface area contributed by atoms with Gasteiger partial charge in [0, 0.05) is 24.2 Å². The van der Waals surface area contributed by atoms with E-state index in [1.807, 2.05) is 12.1 Å². The van der Waals surface area contributed by atoms with Crippen LogP contribution < -0.4 is 38.3 Å². The topological polar surface area (TPSA) is 240 Å². The third kappa shape index (κ3) is 5.42. The van der Waals surface area contributed by atoms with E-state index in [-0.39, 0.29) is 53.2 Å². The van der Waals surface area contributed by atoms with Gasteiger partial charge in [-0.05, 0) is 53.8 Å². The first kappa shape index (κ1) is 30.0. The fourth-order valence-electron chi connectivity index (χ4n) is 5.66. The number of nitrogens with zero attached hydrogens (tertiary/aromatic N) is 4. The third-order valence-corrected chi connectivity index (χ3v) is 8.10. The lowest BCUT2D eigenvalue weighted by molar-refractivity contribution is 0.0931. The van der Waals surface area contributed by atoms with Crippen molar-refractivity contribution in [3.63, 3.8) is 0 Å². The number of fused-ring (bicyclic) bond motifs is 2. The van der Waals surface area contributed by atoms with Crippen LogP contribution >= 0.6 is 0 Å². The van der Waals surface area contributed by atoms with Gasteiger partial charge in [0.05, 0.1) is 12.2 Å². The zero-order valence-electron chi connectivity index (χ0n) is 24.7. The summed E-state index contributed by atoms with van der Waals surface area (Å²) in [6, 6.07) is 10.5. The minimum absolute atomic E-state index is 0.0457. The monoisotopic (exact) mass is 653 g/mol. The summed E-state index contributed by atoms with van der Waals surface area (Å²) in [5.74, 6) is -2.67. The van der Waals surface area contributed by atoms with Crippen molar-refractivity contribution >= 4 is 29.0 Å². The maximum absolute atomic E-state index is 14.5. The summed E-state index contributed by atoms with van der Waals surface area (Å²) in [6.07, 6.45) is 2.42. The lowest BCUT2D eigenvalue weighted by atomic mass is 10.0. The fraction of sp³-hybridized carbons (Fsp3) is 0.161. The average molecular weight is 654 g/mol. The van der Waals surface area contributed by atoms with Crippen LogP contribution in [0.5, 0.6) is 5.88 Å². The lowest BCUT2D eigenvalue weighted by Crippen LogP contribution is -2.37. The number of amides is 2. The van der Waals surface area contributed by atoms with Gasteiger partial charge in [-0.2, -0.15) is 4.98 Å². The van der Waals surface area contributed by atoms with Crippen LogP contribution in [0.3, 0.4) is 0 Å². The van der Waals surface area contributed by atoms with Crippen LogP contribution in [0.25, 0.3) is 17.2 Å². The third-order valence-electron chi connectivity index (χ3n) is 8.10. The number of nitrogens with one attached hydrogen (secondary N) is 4. The number of benzene rings is 2. The van der Waals surface area contributed by atoms with Gasteiger partial charge in [0.1, 0.15) is 28.6 Å². The molecule has 0 aliphatic heterocycles. The molecule has 0 bridgehead atoms. The number of carbonyl (C=O) groups is 2. The number of nitrogen functional groups attached to an aromatic ring is 1. The van der Waals surface area contributed by atoms with Gasteiger partial charge in [-0.25, -0.2) is 14.2 Å². The Kier molecular flexibility index (Phi) is 7.26. The molecule has 242 valence electrons. The highest BCUT2D eigenvalue weighted by molar-refractivity contribution is 5.98. The molecule has 0 saturated heterocycles. The van der Waals surface area contributed by atoms with Crippen LogP contribution in [0.2, 0.25) is 0 Å². The normalized spacial score (nSPS) is 13.9. The van der Waals surface area contributed by atoms with Gasteiger partial charge < -0.3 is 26.8 Å². The van der Waals surface area contributed by atoms with Gasteiger partial charge >= 0.3 is 5.76 Å². The molecular weight excluding hydrogens is 629 g/mol. The second kappa shape index (κ2) is 11.6. The SMILES string of the molecule is Nc1c(NCc2cc(CNC(=O)c3cc(C(=O)N[C@H]4CCc5cc(-c6noc(=O)[nH]6)ccc54)nc4nc(O)cn34)ccc2F)c(=O)c1=O. The van der Waals surface area contributed by atoms with Gasteiger partial charge in [0.15, 0.2) is 5.82 Å². The van der Waals surface area contributed by atoms with Crippen molar-refractivity contribution in [1.29, 1.82) is 0 Å². The van der Waals surface area contributed by atoms with Crippen molar-refractivity contribution in [1.82, 2.24) is 35.1 Å². The van der Waals surface area contributed by atoms with Crippen molar-refractivity contribution in [2.75, 3.05) is 11.1 Å².